The number of unbranched alkanes of at least 4 members (excludes halogenated alkanes) is 1. The van der Waals surface area contributed by atoms with E-state index in [1.54, 1.807) is 18.2 Å². The van der Waals surface area contributed by atoms with Crippen LogP contribution in [0.25, 0.3) is 0 Å². The van der Waals surface area contributed by atoms with Gasteiger partial charge >= 0.3 is 0 Å². The first kappa shape index (κ1) is 17.4. The van der Waals surface area contributed by atoms with Crippen molar-refractivity contribution in [2.24, 2.45) is 5.92 Å². The first-order valence-corrected chi connectivity index (χ1v) is 8.97. The fraction of sp³-hybridized carbons (Fsp3) is 0.400. The molecule has 0 radical (unpaired) electrons. The Hall–Kier alpha value is -2.40. The lowest BCUT2D eigenvalue weighted by atomic mass is 10.0. The Labute approximate surface area is 149 Å². The maximum atomic E-state index is 5.80. The quantitative estimate of drug-likeness (QED) is 0.502. The van der Waals surface area contributed by atoms with Crippen LogP contribution in [0.5, 0.6) is 17.2 Å². The molecule has 1 saturated heterocycles. The van der Waals surface area contributed by atoms with Crippen LogP contribution in [0.1, 0.15) is 25.7 Å². The first-order chi connectivity index (χ1) is 12.2. The molecule has 1 aliphatic heterocycles. The van der Waals surface area contributed by atoms with Crippen LogP contribution in [0, 0.1) is 5.92 Å². The second kappa shape index (κ2) is 8.62. The molecule has 0 bridgehead atoms. The van der Waals surface area contributed by atoms with Crippen molar-refractivity contribution in [3.8, 4) is 17.2 Å². The maximum Gasteiger partial charge on any atom is 0.129 e. The Morgan fingerprint density at radius 3 is 2.40 bits per heavy atom. The molecule has 1 heterocycles. The van der Waals surface area contributed by atoms with Gasteiger partial charge in [-0.05, 0) is 81.1 Å². The van der Waals surface area contributed by atoms with E-state index in [1.165, 1.54) is 32.4 Å². The molecule has 25 heavy (non-hydrogen) atoms. The molecule has 0 amide bonds. The van der Waals surface area contributed by atoms with Gasteiger partial charge in [0.15, 0.2) is 0 Å². The minimum Gasteiger partial charge on any atom is -0.494 e. The predicted octanol–water partition coefficient (Wildman–Crippen LogP) is 3.80. The van der Waals surface area contributed by atoms with Crippen LogP contribution in [0.3, 0.4) is 0 Å². The topological polar surface area (TPSA) is 82.5 Å². The zero-order chi connectivity index (χ0) is 17.5. The van der Waals surface area contributed by atoms with Crippen LogP contribution >= 0.6 is 0 Å². The lowest BCUT2D eigenvalue weighted by molar-refractivity contribution is 0.300. The molecule has 0 spiro atoms. The van der Waals surface area contributed by atoms with Crippen LogP contribution in [0.2, 0.25) is 0 Å². The number of hydrogen-bond donors (Lipinski definition) is 3. The Kier molecular flexibility index (Phi) is 6.01. The Bertz CT molecular complexity index is 667. The van der Waals surface area contributed by atoms with Crippen LogP contribution in [-0.2, 0) is 0 Å². The Balaban J connectivity index is 1.40. The van der Waals surface area contributed by atoms with Crippen molar-refractivity contribution in [1.82, 2.24) is 5.32 Å². The molecule has 1 fully saturated rings. The second-order valence-corrected chi connectivity index (χ2v) is 6.57. The first-order valence-electron chi connectivity index (χ1n) is 8.97. The lowest BCUT2D eigenvalue weighted by Crippen LogP contribution is -2.09. The predicted molar refractivity (Wildman–Crippen MR) is 102 cm³/mol. The van der Waals surface area contributed by atoms with Crippen molar-refractivity contribution in [3.63, 3.8) is 0 Å². The van der Waals surface area contributed by atoms with E-state index >= 15 is 0 Å². The van der Waals surface area contributed by atoms with Crippen LogP contribution < -0.4 is 26.3 Å². The number of nitrogen functional groups attached to an aromatic ring is 2. The van der Waals surface area contributed by atoms with E-state index in [1.807, 2.05) is 24.3 Å². The van der Waals surface area contributed by atoms with Crippen molar-refractivity contribution in [2.75, 3.05) is 31.2 Å². The van der Waals surface area contributed by atoms with E-state index in [4.69, 9.17) is 20.9 Å². The molecule has 5 N–H and O–H groups in total. The summed E-state index contributed by atoms with van der Waals surface area (Å²) in [6, 6.07) is 12.9. The third-order valence-electron chi connectivity index (χ3n) is 4.56. The summed E-state index contributed by atoms with van der Waals surface area (Å²) in [4.78, 5) is 0. The summed E-state index contributed by atoms with van der Waals surface area (Å²) in [5.41, 5.74) is 12.6. The number of nitrogens with two attached hydrogens (primary N) is 2. The van der Waals surface area contributed by atoms with Crippen molar-refractivity contribution >= 4 is 11.4 Å². The fourth-order valence-electron chi connectivity index (χ4n) is 3.04. The van der Waals surface area contributed by atoms with E-state index in [2.05, 4.69) is 5.32 Å². The molecule has 1 unspecified atom stereocenters. The largest absolute Gasteiger partial charge is 0.494 e. The average Bonchev–Trinajstić information content (AvgIpc) is 3.13. The van der Waals surface area contributed by atoms with E-state index in [9.17, 15) is 0 Å². The van der Waals surface area contributed by atoms with E-state index < -0.39 is 0 Å². The molecule has 5 nitrogen and oxygen atoms in total. The van der Waals surface area contributed by atoms with Crippen molar-refractivity contribution < 1.29 is 9.47 Å². The monoisotopic (exact) mass is 341 g/mol. The van der Waals surface area contributed by atoms with Gasteiger partial charge in [0.25, 0.3) is 0 Å². The molecular weight excluding hydrogens is 314 g/mol. The van der Waals surface area contributed by atoms with Gasteiger partial charge in [0.05, 0.1) is 18.0 Å². The third kappa shape index (κ3) is 5.29. The summed E-state index contributed by atoms with van der Waals surface area (Å²) in [5.74, 6) is 3.14. The molecule has 5 heteroatoms. The van der Waals surface area contributed by atoms with Gasteiger partial charge in [0.2, 0.25) is 0 Å². The number of benzene rings is 2. The van der Waals surface area contributed by atoms with Gasteiger partial charge in [0.1, 0.15) is 17.2 Å². The molecule has 1 aliphatic rings. The molecule has 2 aromatic carbocycles. The summed E-state index contributed by atoms with van der Waals surface area (Å²) in [5, 5.41) is 3.41. The fourth-order valence-corrected chi connectivity index (χ4v) is 3.04. The summed E-state index contributed by atoms with van der Waals surface area (Å²) in [7, 11) is 0. The molecule has 2 aromatic rings. The van der Waals surface area contributed by atoms with Gasteiger partial charge in [-0.25, -0.2) is 0 Å². The molecule has 134 valence electrons. The maximum absolute atomic E-state index is 5.80. The number of rotatable bonds is 8. The highest BCUT2D eigenvalue weighted by Gasteiger charge is 2.13. The lowest BCUT2D eigenvalue weighted by Gasteiger charge is -2.10. The average molecular weight is 341 g/mol. The molecule has 0 aliphatic carbocycles. The molecule has 3 rings (SSSR count). The van der Waals surface area contributed by atoms with Gasteiger partial charge in [-0.3, -0.25) is 0 Å². The van der Waals surface area contributed by atoms with E-state index in [-0.39, 0.29) is 0 Å². The number of ether oxygens (including phenoxy) is 2. The van der Waals surface area contributed by atoms with Crippen LogP contribution in [0.15, 0.2) is 42.5 Å². The van der Waals surface area contributed by atoms with Crippen LogP contribution in [0.4, 0.5) is 11.4 Å². The van der Waals surface area contributed by atoms with E-state index in [0.29, 0.717) is 17.1 Å². The second-order valence-electron chi connectivity index (χ2n) is 6.57. The van der Waals surface area contributed by atoms with Gasteiger partial charge in [-0.2, -0.15) is 0 Å². The Morgan fingerprint density at radius 2 is 1.68 bits per heavy atom. The highest BCUT2D eigenvalue weighted by Crippen LogP contribution is 2.27. The number of nitrogens with one attached hydrogen (secondary N) is 1. The van der Waals surface area contributed by atoms with Gasteiger partial charge < -0.3 is 26.3 Å². The zero-order valence-corrected chi connectivity index (χ0v) is 14.5. The molecule has 0 aromatic heterocycles. The summed E-state index contributed by atoms with van der Waals surface area (Å²) < 4.78 is 11.6. The Morgan fingerprint density at radius 1 is 0.920 bits per heavy atom. The van der Waals surface area contributed by atoms with Crippen molar-refractivity contribution in [2.45, 2.75) is 25.7 Å². The summed E-state index contributed by atoms with van der Waals surface area (Å²) >= 11 is 0. The van der Waals surface area contributed by atoms with Crippen molar-refractivity contribution in [3.05, 3.63) is 42.5 Å². The minimum absolute atomic E-state index is 0.519. The normalized spacial score (nSPS) is 16.7. The smallest absolute Gasteiger partial charge is 0.129 e. The standard InChI is InChI=1S/C20H27N3O2/c21-19-9-8-18(13-20(19)22)25-17-6-4-16(5-7-17)24-12-2-1-3-15-10-11-23-14-15/h4-9,13,15,23H,1-3,10-12,14,21-22H2. The summed E-state index contributed by atoms with van der Waals surface area (Å²) in [6.07, 6.45) is 4.95. The third-order valence-corrected chi connectivity index (χ3v) is 4.56. The van der Waals surface area contributed by atoms with Gasteiger partial charge in [0, 0.05) is 6.07 Å². The zero-order valence-electron chi connectivity index (χ0n) is 14.5. The highest BCUT2D eigenvalue weighted by atomic mass is 16.5. The molecule has 0 saturated carbocycles. The van der Waals surface area contributed by atoms with Crippen molar-refractivity contribution in [1.29, 1.82) is 0 Å². The van der Waals surface area contributed by atoms with Gasteiger partial charge in [-0.15, -0.1) is 0 Å². The highest BCUT2D eigenvalue weighted by molar-refractivity contribution is 5.65. The van der Waals surface area contributed by atoms with Gasteiger partial charge in [-0.1, -0.05) is 0 Å². The number of hydrogen-bond acceptors (Lipinski definition) is 5. The summed E-state index contributed by atoms with van der Waals surface area (Å²) in [6.45, 7) is 3.12. The van der Waals surface area contributed by atoms with E-state index in [0.717, 1.165) is 30.4 Å². The van der Waals surface area contributed by atoms with Crippen LogP contribution in [-0.4, -0.2) is 19.7 Å². The molecule has 1 atom stereocenters. The number of anilines is 2. The minimum atomic E-state index is 0.519. The SMILES string of the molecule is Nc1ccc(Oc2ccc(OCCCCC3CCNC3)cc2)cc1N. The molecular formula is C20H27N3O2.